The van der Waals surface area contributed by atoms with Gasteiger partial charge in [-0.3, -0.25) is 9.59 Å². The second-order valence-corrected chi connectivity index (χ2v) is 11.1. The molecule has 5 nitrogen and oxygen atoms in total. The van der Waals surface area contributed by atoms with Crippen LogP contribution in [0.15, 0.2) is 0 Å². The average Bonchev–Trinajstić information content (AvgIpc) is 3.39. The van der Waals surface area contributed by atoms with E-state index in [2.05, 4.69) is 4.74 Å². The second kappa shape index (κ2) is 9.80. The molecular formula is C26H42O5. The quantitative estimate of drug-likeness (QED) is 0.416. The van der Waals surface area contributed by atoms with Crippen molar-refractivity contribution in [2.24, 2.45) is 47.3 Å². The van der Waals surface area contributed by atoms with Crippen molar-refractivity contribution in [2.75, 3.05) is 7.11 Å². The molecule has 0 aromatic rings. The summed E-state index contributed by atoms with van der Waals surface area (Å²) in [7, 11) is 1.41. The molecule has 5 unspecified atom stereocenters. The van der Waals surface area contributed by atoms with Crippen LogP contribution in [0, 0.1) is 47.3 Å². The highest BCUT2D eigenvalue weighted by molar-refractivity contribution is 5.73. The molecule has 6 rings (SSSR count). The van der Waals surface area contributed by atoms with Gasteiger partial charge in [0.05, 0.1) is 25.0 Å². The van der Waals surface area contributed by atoms with Crippen LogP contribution in [0.25, 0.3) is 0 Å². The van der Waals surface area contributed by atoms with E-state index in [1.54, 1.807) is 0 Å². The van der Waals surface area contributed by atoms with Gasteiger partial charge in [-0.2, -0.15) is 0 Å². The predicted octanol–water partition coefficient (Wildman–Crippen LogP) is 5.36. The standard InChI is InChI=1S/C20H30O3.C6H12O2/c1-11(23-20(21)18-10-12-2-3-15(18)5-12)22-19-16-6-13-4-14(8-16)9-17(19)7-13;1-4-5(2)6(7)8-3/h11-19H,2-10H2,1H3;5H,4H2,1-3H3. The van der Waals surface area contributed by atoms with Crippen LogP contribution in [-0.2, 0) is 23.8 Å². The van der Waals surface area contributed by atoms with Crippen LogP contribution in [-0.4, -0.2) is 31.4 Å². The first kappa shape index (κ1) is 23.1. The molecule has 0 N–H and O–H groups in total. The number of hydrogen-bond donors (Lipinski definition) is 0. The molecule has 6 bridgehead atoms. The van der Waals surface area contributed by atoms with E-state index in [4.69, 9.17) is 9.47 Å². The van der Waals surface area contributed by atoms with Crippen LogP contribution in [0.1, 0.15) is 85.0 Å². The molecule has 0 aromatic carbocycles. The predicted molar refractivity (Wildman–Crippen MR) is 118 cm³/mol. The summed E-state index contributed by atoms with van der Waals surface area (Å²) in [6.45, 7) is 5.75. The molecule has 0 spiro atoms. The van der Waals surface area contributed by atoms with Crippen LogP contribution in [0.5, 0.6) is 0 Å². The highest BCUT2D eigenvalue weighted by Crippen LogP contribution is 2.55. The molecular weight excluding hydrogens is 392 g/mol. The van der Waals surface area contributed by atoms with Crippen molar-refractivity contribution in [3.8, 4) is 0 Å². The number of methoxy groups -OCH3 is 1. The maximum atomic E-state index is 12.5. The molecule has 0 radical (unpaired) electrons. The molecule has 176 valence electrons. The minimum atomic E-state index is -0.357. The number of rotatable bonds is 6. The zero-order chi connectivity index (χ0) is 22.1. The number of carbonyl (C=O) groups excluding carboxylic acids is 2. The van der Waals surface area contributed by atoms with E-state index in [0.717, 1.165) is 42.4 Å². The average molecular weight is 435 g/mol. The lowest BCUT2D eigenvalue weighted by molar-refractivity contribution is -0.222. The molecule has 6 aliphatic rings. The Bertz CT molecular complexity index is 618. The third-order valence-electron chi connectivity index (χ3n) is 9.03. The fourth-order valence-corrected chi connectivity index (χ4v) is 7.50. The van der Waals surface area contributed by atoms with E-state index in [0.29, 0.717) is 12.0 Å². The molecule has 0 amide bonds. The van der Waals surface area contributed by atoms with Gasteiger partial charge >= 0.3 is 11.9 Å². The van der Waals surface area contributed by atoms with Crippen LogP contribution in [0.2, 0.25) is 0 Å². The highest BCUT2D eigenvalue weighted by atomic mass is 16.7. The third kappa shape index (κ3) is 5.12. The molecule has 6 fully saturated rings. The van der Waals surface area contributed by atoms with Crippen LogP contribution in [0.4, 0.5) is 0 Å². The molecule has 5 atom stereocenters. The van der Waals surface area contributed by atoms with Crippen molar-refractivity contribution in [3.63, 3.8) is 0 Å². The van der Waals surface area contributed by atoms with Crippen molar-refractivity contribution >= 4 is 11.9 Å². The Labute approximate surface area is 188 Å². The Balaban J connectivity index is 0.000000250. The van der Waals surface area contributed by atoms with Crippen molar-refractivity contribution in [3.05, 3.63) is 0 Å². The van der Waals surface area contributed by atoms with Gasteiger partial charge < -0.3 is 14.2 Å². The minimum absolute atomic E-state index is 0.0218. The SMILES string of the molecule is CC(OC(=O)C1CC2CCC1C2)OC1C2CC3CC(C2)CC1C3.CCC(C)C(=O)OC. The number of hydrogen-bond acceptors (Lipinski definition) is 5. The van der Waals surface area contributed by atoms with E-state index in [1.807, 2.05) is 20.8 Å². The lowest BCUT2D eigenvalue weighted by Crippen LogP contribution is -2.50. The summed E-state index contributed by atoms with van der Waals surface area (Å²) in [5.41, 5.74) is 0. The van der Waals surface area contributed by atoms with Gasteiger partial charge in [0.1, 0.15) is 0 Å². The van der Waals surface area contributed by atoms with Crippen LogP contribution >= 0.6 is 0 Å². The number of carbonyl (C=O) groups is 2. The fraction of sp³-hybridized carbons (Fsp3) is 0.923. The zero-order valence-electron chi connectivity index (χ0n) is 19.9. The summed E-state index contributed by atoms with van der Waals surface area (Å²) in [6, 6.07) is 0. The second-order valence-electron chi connectivity index (χ2n) is 11.1. The van der Waals surface area contributed by atoms with E-state index in [-0.39, 0.29) is 30.1 Å². The van der Waals surface area contributed by atoms with Crippen LogP contribution < -0.4 is 0 Å². The Kier molecular flexibility index (Phi) is 7.30. The van der Waals surface area contributed by atoms with Crippen molar-refractivity contribution < 1.29 is 23.8 Å². The van der Waals surface area contributed by atoms with Gasteiger partial charge in [-0.05, 0) is 100 Å². The maximum Gasteiger partial charge on any atom is 0.311 e. The highest BCUT2D eigenvalue weighted by Gasteiger charge is 2.50. The maximum absolute atomic E-state index is 12.5. The number of fused-ring (bicyclic) bond motifs is 2. The minimum Gasteiger partial charge on any atom is -0.469 e. The molecule has 0 saturated heterocycles. The van der Waals surface area contributed by atoms with Crippen molar-refractivity contribution in [2.45, 2.75) is 97.4 Å². The van der Waals surface area contributed by atoms with Gasteiger partial charge in [-0.15, -0.1) is 0 Å². The van der Waals surface area contributed by atoms with Gasteiger partial charge in [0.25, 0.3) is 0 Å². The first-order valence-corrected chi connectivity index (χ1v) is 12.8. The van der Waals surface area contributed by atoms with E-state index in [1.165, 1.54) is 58.5 Å². The van der Waals surface area contributed by atoms with Gasteiger partial charge in [0.15, 0.2) is 6.29 Å². The molecule has 5 heteroatoms. The summed E-state index contributed by atoms with van der Waals surface area (Å²) in [6.07, 6.45) is 12.6. The van der Waals surface area contributed by atoms with Gasteiger partial charge in [0, 0.05) is 0 Å². The Morgan fingerprint density at radius 3 is 1.90 bits per heavy atom. The molecule has 6 aliphatic carbocycles. The van der Waals surface area contributed by atoms with Crippen molar-refractivity contribution in [1.29, 1.82) is 0 Å². The molecule has 31 heavy (non-hydrogen) atoms. The van der Waals surface area contributed by atoms with E-state index < -0.39 is 0 Å². The normalized spacial score (nSPS) is 41.3. The van der Waals surface area contributed by atoms with E-state index in [9.17, 15) is 9.59 Å². The summed E-state index contributed by atoms with van der Waals surface area (Å²) in [4.78, 5) is 23.0. The topological polar surface area (TPSA) is 61.8 Å². The summed E-state index contributed by atoms with van der Waals surface area (Å²) >= 11 is 0. The monoisotopic (exact) mass is 434 g/mol. The summed E-state index contributed by atoms with van der Waals surface area (Å²) < 4.78 is 16.5. The third-order valence-corrected chi connectivity index (χ3v) is 9.03. The first-order chi connectivity index (χ1) is 14.9. The van der Waals surface area contributed by atoms with Gasteiger partial charge in [-0.1, -0.05) is 20.3 Å². The Morgan fingerprint density at radius 2 is 1.45 bits per heavy atom. The summed E-state index contributed by atoms with van der Waals surface area (Å²) in [5.74, 6) is 4.90. The van der Waals surface area contributed by atoms with Gasteiger partial charge in [0.2, 0.25) is 0 Å². The first-order valence-electron chi connectivity index (χ1n) is 12.8. The number of ether oxygens (including phenoxy) is 3. The van der Waals surface area contributed by atoms with Gasteiger partial charge in [-0.25, -0.2) is 0 Å². The lowest BCUT2D eigenvalue weighted by atomic mass is 9.55. The number of esters is 2. The zero-order valence-corrected chi connectivity index (χ0v) is 19.9. The largest absolute Gasteiger partial charge is 0.469 e. The fourth-order valence-electron chi connectivity index (χ4n) is 7.50. The Hall–Kier alpha value is -1.10. The molecule has 0 aromatic heterocycles. The lowest BCUT2D eigenvalue weighted by Gasteiger charge is -2.54. The van der Waals surface area contributed by atoms with Crippen molar-refractivity contribution in [1.82, 2.24) is 0 Å². The summed E-state index contributed by atoms with van der Waals surface area (Å²) in [5, 5.41) is 0. The van der Waals surface area contributed by atoms with E-state index >= 15 is 0 Å². The smallest absolute Gasteiger partial charge is 0.311 e. The molecule has 0 heterocycles. The molecule has 6 saturated carbocycles. The van der Waals surface area contributed by atoms with Crippen LogP contribution in [0.3, 0.4) is 0 Å². The Morgan fingerprint density at radius 1 is 0.839 bits per heavy atom. The molecule has 0 aliphatic heterocycles.